The summed E-state index contributed by atoms with van der Waals surface area (Å²) in [5, 5.41) is 8.58. The first kappa shape index (κ1) is 34.1. The first-order valence-electron chi connectivity index (χ1n) is 17.2. The van der Waals surface area contributed by atoms with Gasteiger partial charge in [0.15, 0.2) is 17.3 Å². The van der Waals surface area contributed by atoms with Gasteiger partial charge in [0.2, 0.25) is 0 Å². The number of alkyl halides is 3. The van der Waals surface area contributed by atoms with E-state index in [1.54, 1.807) is 6.92 Å². The van der Waals surface area contributed by atoms with Gasteiger partial charge in [0.25, 0.3) is 5.89 Å². The van der Waals surface area contributed by atoms with Crippen LogP contribution >= 0.6 is 0 Å². The number of nitrogens with two attached hydrogens (primary N) is 1. The Labute approximate surface area is 297 Å². The van der Waals surface area contributed by atoms with Crippen LogP contribution in [0.2, 0.25) is 0 Å². The Bertz CT molecular complexity index is 2130. The van der Waals surface area contributed by atoms with Crippen LogP contribution < -0.4 is 15.4 Å². The van der Waals surface area contributed by atoms with Crippen LogP contribution in [0.4, 0.5) is 29.1 Å². The summed E-state index contributed by atoms with van der Waals surface area (Å²) in [5.41, 5.74) is 6.49. The number of nitrogen functional groups attached to an aromatic ring is 1. The molecule has 4 aromatic rings. The number of hydrogen-bond donors (Lipinski definition) is 1. The molecule has 4 aliphatic heterocycles. The van der Waals surface area contributed by atoms with Gasteiger partial charge in [-0.15, -0.1) is 5.92 Å². The third-order valence-corrected chi connectivity index (χ3v) is 10.3. The molecule has 2 N–H and O–H groups in total. The molecule has 0 aliphatic carbocycles. The maximum Gasteiger partial charge on any atom is 0.418 e. The van der Waals surface area contributed by atoms with Crippen molar-refractivity contribution in [2.75, 3.05) is 36.9 Å². The van der Waals surface area contributed by atoms with E-state index in [0.717, 1.165) is 49.7 Å². The summed E-state index contributed by atoms with van der Waals surface area (Å²) in [6.07, 6.45) is -2.97. The standard InChI is InChI=1S/C36H37F4N9O3/c1-4-7-22-12-25(41)31(37)29(30(22)36(38,39)40)28-14-26-24(18-50-28)32(44-34(43-26)51-19-35-8-5-10-48(35)16-20(2)15-35)47-9-6-11-49-23(17-47)13-27(45-49)33-42-21(3)46-52-33/h12-13,28H,2,5-6,8-11,14-19,41H2,1,3H3/t28-,35-/m1/s1. The van der Waals surface area contributed by atoms with E-state index < -0.39 is 40.5 Å². The maximum atomic E-state index is 15.7. The number of fused-ring (bicyclic) bond motifs is 3. The molecule has 2 fully saturated rings. The molecule has 52 heavy (non-hydrogen) atoms. The van der Waals surface area contributed by atoms with Crippen LogP contribution in [-0.4, -0.2) is 66.6 Å². The Kier molecular flexibility index (Phi) is 8.45. The van der Waals surface area contributed by atoms with Crippen LogP contribution in [0.15, 0.2) is 28.8 Å². The molecule has 0 radical (unpaired) electrons. The Hall–Kier alpha value is -5.01. The lowest BCUT2D eigenvalue weighted by molar-refractivity contribution is -0.140. The molecule has 16 heteroatoms. The monoisotopic (exact) mass is 719 g/mol. The van der Waals surface area contributed by atoms with Gasteiger partial charge in [-0.05, 0) is 58.2 Å². The third-order valence-electron chi connectivity index (χ3n) is 10.3. The highest BCUT2D eigenvalue weighted by Gasteiger charge is 2.47. The fourth-order valence-electron chi connectivity index (χ4n) is 8.08. The van der Waals surface area contributed by atoms with Gasteiger partial charge in [-0.25, -0.2) is 4.39 Å². The summed E-state index contributed by atoms with van der Waals surface area (Å²) in [4.78, 5) is 18.4. The molecular weight excluding hydrogens is 682 g/mol. The Morgan fingerprint density at radius 2 is 1.98 bits per heavy atom. The van der Waals surface area contributed by atoms with Crippen LogP contribution in [0.3, 0.4) is 0 Å². The van der Waals surface area contributed by atoms with Crippen LogP contribution in [0.25, 0.3) is 11.6 Å². The average molecular weight is 720 g/mol. The average Bonchev–Trinajstić information content (AvgIpc) is 3.85. The zero-order valence-electron chi connectivity index (χ0n) is 28.8. The van der Waals surface area contributed by atoms with Crippen molar-refractivity contribution in [1.82, 2.24) is 34.8 Å². The van der Waals surface area contributed by atoms with Gasteiger partial charge in [0, 0.05) is 42.7 Å². The van der Waals surface area contributed by atoms with E-state index in [0.29, 0.717) is 67.1 Å². The van der Waals surface area contributed by atoms with Gasteiger partial charge in [-0.1, -0.05) is 23.2 Å². The minimum atomic E-state index is -4.93. The highest BCUT2D eigenvalue weighted by Crippen LogP contribution is 2.45. The largest absolute Gasteiger partial charge is 0.461 e. The fraction of sp³-hybridized carbons (Fsp3) is 0.472. The number of nitrogens with zero attached hydrogens (tertiary/aromatic N) is 8. The molecule has 1 aromatic carbocycles. The highest BCUT2D eigenvalue weighted by atomic mass is 19.4. The van der Waals surface area contributed by atoms with Crippen molar-refractivity contribution < 1.29 is 31.6 Å². The van der Waals surface area contributed by atoms with E-state index in [1.165, 1.54) is 6.92 Å². The maximum absolute atomic E-state index is 15.7. The molecule has 0 saturated carbocycles. The van der Waals surface area contributed by atoms with Gasteiger partial charge in [-0.3, -0.25) is 9.58 Å². The van der Waals surface area contributed by atoms with Crippen molar-refractivity contribution in [2.45, 2.75) is 83.5 Å². The normalized spacial score (nSPS) is 21.7. The lowest BCUT2D eigenvalue weighted by Crippen LogP contribution is -2.43. The summed E-state index contributed by atoms with van der Waals surface area (Å²) in [6, 6.07) is 2.90. The van der Waals surface area contributed by atoms with E-state index >= 15 is 4.39 Å². The molecule has 0 amide bonds. The molecule has 2 saturated heterocycles. The summed E-state index contributed by atoms with van der Waals surface area (Å²) < 4.78 is 79.3. The molecule has 4 aliphatic rings. The zero-order chi connectivity index (χ0) is 36.4. The molecule has 12 nitrogen and oxygen atoms in total. The van der Waals surface area contributed by atoms with Crippen LogP contribution in [0, 0.1) is 24.6 Å². The smallest absolute Gasteiger partial charge is 0.418 e. The van der Waals surface area contributed by atoms with Gasteiger partial charge < -0.3 is 24.6 Å². The number of aryl methyl sites for hydroxylation is 2. The number of ether oxygens (including phenoxy) is 2. The predicted molar refractivity (Wildman–Crippen MR) is 180 cm³/mol. The summed E-state index contributed by atoms with van der Waals surface area (Å²) in [5.74, 6) is 5.08. The van der Waals surface area contributed by atoms with Gasteiger partial charge >= 0.3 is 12.2 Å². The SMILES string of the molecule is C=C1CN2CCC[C@]2(COc2nc3c(c(N4CCCn5nc(-c6nc(C)no6)cc5C4)n2)CO[C@@H](c2c(F)c(N)cc(C#CC)c2C(F)(F)F)C3)C1. The highest BCUT2D eigenvalue weighted by molar-refractivity contribution is 5.59. The van der Waals surface area contributed by atoms with Crippen molar-refractivity contribution in [2.24, 2.45) is 0 Å². The minimum Gasteiger partial charge on any atom is -0.461 e. The summed E-state index contributed by atoms with van der Waals surface area (Å²) in [6.45, 7) is 10.9. The first-order valence-corrected chi connectivity index (χ1v) is 17.2. The van der Waals surface area contributed by atoms with E-state index in [2.05, 4.69) is 38.4 Å². The van der Waals surface area contributed by atoms with Gasteiger partial charge in [0.05, 0.1) is 47.4 Å². The lowest BCUT2D eigenvalue weighted by Gasteiger charge is -2.33. The second-order valence-electron chi connectivity index (χ2n) is 13.9. The quantitative estimate of drug-likeness (QED) is 0.117. The number of anilines is 2. The molecular formula is C36H37F4N9O3. The Morgan fingerprint density at radius 1 is 1.13 bits per heavy atom. The van der Waals surface area contributed by atoms with Crippen LogP contribution in [0.5, 0.6) is 6.01 Å². The molecule has 8 rings (SSSR count). The molecule has 0 unspecified atom stereocenters. The Balaban J connectivity index is 1.18. The molecule has 7 heterocycles. The van der Waals surface area contributed by atoms with Crippen molar-refractivity contribution in [3.05, 3.63) is 69.6 Å². The number of halogens is 4. The number of aromatic nitrogens is 6. The van der Waals surface area contributed by atoms with Crippen molar-refractivity contribution >= 4 is 11.5 Å². The number of benzene rings is 1. The second kappa shape index (κ2) is 12.9. The number of hydrogen-bond acceptors (Lipinski definition) is 11. The predicted octanol–water partition coefficient (Wildman–Crippen LogP) is 5.54. The van der Waals surface area contributed by atoms with Crippen molar-refractivity contribution in [3.8, 4) is 29.4 Å². The molecule has 3 aromatic heterocycles. The third kappa shape index (κ3) is 6.05. The van der Waals surface area contributed by atoms with Gasteiger partial charge in [-0.2, -0.15) is 33.2 Å². The zero-order valence-corrected chi connectivity index (χ0v) is 28.8. The van der Waals surface area contributed by atoms with E-state index in [-0.39, 0.29) is 24.6 Å². The molecule has 0 spiro atoms. The van der Waals surface area contributed by atoms with E-state index in [4.69, 9.17) is 34.8 Å². The topological polar surface area (TPSA) is 133 Å². The van der Waals surface area contributed by atoms with Crippen LogP contribution in [-0.2, 0) is 37.0 Å². The summed E-state index contributed by atoms with van der Waals surface area (Å²) in [7, 11) is 0. The van der Waals surface area contributed by atoms with Crippen LogP contribution in [0.1, 0.15) is 78.2 Å². The Morgan fingerprint density at radius 3 is 2.75 bits per heavy atom. The van der Waals surface area contributed by atoms with Crippen molar-refractivity contribution in [3.63, 3.8) is 0 Å². The minimum absolute atomic E-state index is 0.0922. The van der Waals surface area contributed by atoms with E-state index in [9.17, 15) is 13.2 Å². The lowest BCUT2D eigenvalue weighted by atomic mass is 9.91. The molecule has 272 valence electrons. The summed E-state index contributed by atoms with van der Waals surface area (Å²) >= 11 is 0. The second-order valence-corrected chi connectivity index (χ2v) is 13.9. The first-order chi connectivity index (χ1) is 24.9. The van der Waals surface area contributed by atoms with E-state index in [1.807, 2.05) is 10.7 Å². The number of rotatable bonds is 6. The molecule has 2 atom stereocenters. The van der Waals surface area contributed by atoms with Gasteiger partial charge in [0.1, 0.15) is 12.4 Å². The van der Waals surface area contributed by atoms with Crippen molar-refractivity contribution in [1.29, 1.82) is 0 Å². The molecule has 0 bridgehead atoms. The fourth-order valence-corrected chi connectivity index (χ4v) is 8.08.